The molecule has 1 N–H and O–H groups in total. The van der Waals surface area contributed by atoms with Crippen molar-refractivity contribution in [2.75, 3.05) is 5.32 Å². The van der Waals surface area contributed by atoms with Crippen LogP contribution in [0.5, 0.6) is 11.8 Å². The number of nitrogens with zero attached hydrogens (tertiary/aromatic N) is 6. The first kappa shape index (κ1) is 19.2. The summed E-state index contributed by atoms with van der Waals surface area (Å²) in [4.78, 5) is 21.1. The molecule has 0 bridgehead atoms. The molecule has 0 spiro atoms. The van der Waals surface area contributed by atoms with Gasteiger partial charge in [0.05, 0.1) is 0 Å². The van der Waals surface area contributed by atoms with Gasteiger partial charge in [0.15, 0.2) is 0 Å². The lowest BCUT2D eigenvalue weighted by Crippen LogP contribution is -2.29. The van der Waals surface area contributed by atoms with Crippen LogP contribution in [-0.4, -0.2) is 36.1 Å². The molecular formula is C21H19N7O2. The Bertz CT molecular complexity index is 1100. The number of carbonyl (C=O) groups excluding carboxylic acids is 1. The van der Waals surface area contributed by atoms with E-state index in [2.05, 4.69) is 30.8 Å². The minimum absolute atomic E-state index is 0.214. The van der Waals surface area contributed by atoms with Crippen LogP contribution in [0.15, 0.2) is 73.1 Å². The van der Waals surface area contributed by atoms with Crippen molar-refractivity contribution in [3.05, 3.63) is 84.4 Å². The molecule has 0 saturated carbocycles. The first-order valence-electron chi connectivity index (χ1n) is 9.33. The average Bonchev–Trinajstić information content (AvgIpc) is 3.20. The lowest BCUT2D eigenvalue weighted by molar-refractivity contribution is -0.119. The van der Waals surface area contributed by atoms with E-state index >= 15 is 0 Å². The Morgan fingerprint density at radius 1 is 1.03 bits per heavy atom. The monoisotopic (exact) mass is 401 g/mol. The molecule has 0 aliphatic rings. The minimum atomic E-state index is -0.587. The van der Waals surface area contributed by atoms with E-state index in [1.54, 1.807) is 49.6 Å². The zero-order chi connectivity index (χ0) is 20.8. The molecule has 1 atom stereocenters. The molecular weight excluding hydrogens is 382 g/mol. The number of nitrogens with one attached hydrogen (secondary N) is 1. The predicted octanol–water partition coefficient (Wildman–Crippen LogP) is 2.99. The van der Waals surface area contributed by atoms with E-state index in [1.807, 2.05) is 30.3 Å². The van der Waals surface area contributed by atoms with E-state index in [9.17, 15) is 4.79 Å². The van der Waals surface area contributed by atoms with Crippen LogP contribution in [-0.2, 0) is 11.2 Å². The Morgan fingerprint density at radius 2 is 1.77 bits per heavy atom. The number of amides is 1. The number of ether oxygens (including phenoxy) is 1. The Labute approximate surface area is 172 Å². The second-order valence-corrected chi connectivity index (χ2v) is 6.52. The van der Waals surface area contributed by atoms with Crippen molar-refractivity contribution >= 4 is 11.6 Å². The lowest BCUT2D eigenvalue weighted by atomic mass is 10.1. The van der Waals surface area contributed by atoms with E-state index in [0.29, 0.717) is 23.7 Å². The highest BCUT2D eigenvalue weighted by Crippen LogP contribution is 2.22. The molecule has 0 aliphatic carbocycles. The molecule has 1 unspecified atom stereocenters. The molecule has 0 fully saturated rings. The van der Waals surface area contributed by atoms with Crippen LogP contribution >= 0.6 is 0 Å². The zero-order valence-corrected chi connectivity index (χ0v) is 16.2. The third-order valence-corrected chi connectivity index (χ3v) is 4.40. The van der Waals surface area contributed by atoms with E-state index in [4.69, 9.17) is 4.74 Å². The van der Waals surface area contributed by atoms with Crippen molar-refractivity contribution < 1.29 is 9.53 Å². The molecule has 0 radical (unpaired) electrons. The first-order valence-corrected chi connectivity index (χ1v) is 9.33. The quantitative estimate of drug-likeness (QED) is 0.507. The molecule has 4 aromatic rings. The van der Waals surface area contributed by atoms with E-state index in [1.165, 1.54) is 4.68 Å². The van der Waals surface area contributed by atoms with Crippen LogP contribution in [0.3, 0.4) is 0 Å². The molecule has 1 amide bonds. The number of tetrazole rings is 1. The summed E-state index contributed by atoms with van der Waals surface area (Å²) >= 11 is 0. The van der Waals surface area contributed by atoms with Gasteiger partial charge in [0.25, 0.3) is 0 Å². The predicted molar refractivity (Wildman–Crippen MR) is 109 cm³/mol. The van der Waals surface area contributed by atoms with E-state index in [-0.39, 0.29) is 11.9 Å². The summed E-state index contributed by atoms with van der Waals surface area (Å²) in [6, 6.07) is 18.1. The van der Waals surface area contributed by atoms with Gasteiger partial charge in [-0.1, -0.05) is 30.3 Å². The summed E-state index contributed by atoms with van der Waals surface area (Å²) in [5, 5.41) is 14.5. The van der Waals surface area contributed by atoms with Crippen LogP contribution < -0.4 is 10.1 Å². The van der Waals surface area contributed by atoms with E-state index < -0.39 is 6.04 Å². The van der Waals surface area contributed by atoms with Crippen molar-refractivity contribution in [3.63, 3.8) is 0 Å². The van der Waals surface area contributed by atoms with Crippen molar-refractivity contribution in [2.24, 2.45) is 0 Å². The van der Waals surface area contributed by atoms with Crippen molar-refractivity contribution in [3.8, 4) is 11.8 Å². The first-order chi connectivity index (χ1) is 14.7. The topological polar surface area (TPSA) is 108 Å². The number of aromatic nitrogens is 6. The number of hydrogen-bond acceptors (Lipinski definition) is 7. The summed E-state index contributed by atoms with van der Waals surface area (Å²) in [5.74, 6) is 0.920. The van der Waals surface area contributed by atoms with Gasteiger partial charge in [-0.2, -0.15) is 0 Å². The third kappa shape index (κ3) is 4.64. The molecule has 0 saturated heterocycles. The average molecular weight is 401 g/mol. The molecule has 30 heavy (non-hydrogen) atoms. The van der Waals surface area contributed by atoms with Crippen LogP contribution in [0.2, 0.25) is 0 Å². The molecule has 2 heterocycles. The fourth-order valence-electron chi connectivity index (χ4n) is 2.93. The Kier molecular flexibility index (Phi) is 5.70. The normalized spacial score (nSPS) is 11.6. The standard InChI is InChI=1S/C21H19N7O2/c1-15-25-26-27-28(15)19(14-16-6-3-2-4-7-16)20(29)24-17-8-10-18(11-9-17)30-21-22-12-5-13-23-21/h2-13,19H,14H2,1H3,(H,24,29). The summed E-state index contributed by atoms with van der Waals surface area (Å²) in [6.07, 6.45) is 3.67. The fourth-order valence-corrected chi connectivity index (χ4v) is 2.93. The SMILES string of the molecule is Cc1nnnn1C(Cc1ccccc1)C(=O)Nc1ccc(Oc2ncccn2)cc1. The van der Waals surface area contributed by atoms with Gasteiger partial charge in [-0.15, -0.1) is 5.10 Å². The Morgan fingerprint density at radius 3 is 2.43 bits per heavy atom. The van der Waals surface area contributed by atoms with Crippen molar-refractivity contribution in [1.82, 2.24) is 30.2 Å². The lowest BCUT2D eigenvalue weighted by Gasteiger charge is -2.18. The third-order valence-electron chi connectivity index (χ3n) is 4.40. The van der Waals surface area contributed by atoms with Crippen molar-refractivity contribution in [1.29, 1.82) is 0 Å². The number of rotatable bonds is 7. The molecule has 2 aromatic heterocycles. The highest BCUT2D eigenvalue weighted by Gasteiger charge is 2.24. The minimum Gasteiger partial charge on any atom is -0.424 e. The fraction of sp³-hybridized carbons (Fsp3) is 0.143. The number of anilines is 1. The maximum Gasteiger partial charge on any atom is 0.321 e. The van der Waals surface area contributed by atoms with Gasteiger partial charge in [-0.3, -0.25) is 4.79 Å². The van der Waals surface area contributed by atoms with Gasteiger partial charge < -0.3 is 10.1 Å². The van der Waals surface area contributed by atoms with Crippen LogP contribution in [0.25, 0.3) is 0 Å². The van der Waals surface area contributed by atoms with Crippen molar-refractivity contribution in [2.45, 2.75) is 19.4 Å². The summed E-state index contributed by atoms with van der Waals surface area (Å²) in [6.45, 7) is 1.77. The molecule has 9 nitrogen and oxygen atoms in total. The van der Waals surface area contributed by atoms with Gasteiger partial charge in [0.2, 0.25) is 5.91 Å². The zero-order valence-electron chi connectivity index (χ0n) is 16.2. The summed E-state index contributed by atoms with van der Waals surface area (Å²) < 4.78 is 7.11. The smallest absolute Gasteiger partial charge is 0.321 e. The second kappa shape index (κ2) is 8.91. The number of aryl methyl sites for hydroxylation is 1. The number of hydrogen-bond donors (Lipinski definition) is 1. The van der Waals surface area contributed by atoms with Gasteiger partial charge in [-0.05, 0) is 53.2 Å². The summed E-state index contributed by atoms with van der Waals surface area (Å²) in [5.41, 5.74) is 1.64. The molecule has 4 rings (SSSR count). The van der Waals surface area contributed by atoms with Crippen LogP contribution in [0, 0.1) is 6.92 Å². The van der Waals surface area contributed by atoms with Crippen LogP contribution in [0.1, 0.15) is 17.4 Å². The molecule has 9 heteroatoms. The second-order valence-electron chi connectivity index (χ2n) is 6.52. The summed E-state index contributed by atoms with van der Waals surface area (Å²) in [7, 11) is 0. The van der Waals surface area contributed by atoms with Gasteiger partial charge in [0, 0.05) is 24.5 Å². The highest BCUT2D eigenvalue weighted by molar-refractivity contribution is 5.93. The maximum absolute atomic E-state index is 13.1. The highest BCUT2D eigenvalue weighted by atomic mass is 16.5. The Balaban J connectivity index is 1.48. The Hall–Kier alpha value is -4.14. The number of benzene rings is 2. The van der Waals surface area contributed by atoms with Gasteiger partial charge in [0.1, 0.15) is 17.6 Å². The van der Waals surface area contributed by atoms with Gasteiger partial charge in [-0.25, -0.2) is 14.6 Å². The molecule has 0 aliphatic heterocycles. The molecule has 150 valence electrons. The largest absolute Gasteiger partial charge is 0.424 e. The number of carbonyl (C=O) groups is 1. The van der Waals surface area contributed by atoms with Gasteiger partial charge >= 0.3 is 6.01 Å². The maximum atomic E-state index is 13.1. The molecule has 2 aromatic carbocycles. The van der Waals surface area contributed by atoms with E-state index in [0.717, 1.165) is 5.56 Å². The van der Waals surface area contributed by atoms with Crippen LogP contribution in [0.4, 0.5) is 5.69 Å².